The van der Waals surface area contributed by atoms with Crippen LogP contribution in [0.3, 0.4) is 0 Å². The van der Waals surface area contributed by atoms with Gasteiger partial charge >= 0.3 is 11.7 Å². The standard InChI is InChI=1S/C18H21N5O2/c1-11(2)6-7-14-13(12-5-4-8-20-10-12)9-15-16(21-14)22(3)18(25)23(15)17(19)24/h4-5,8-11H,6-7H2,1-3H3,(H2,19,24). The van der Waals surface area contributed by atoms with E-state index in [0.717, 1.165) is 34.2 Å². The van der Waals surface area contributed by atoms with E-state index in [-0.39, 0.29) is 0 Å². The van der Waals surface area contributed by atoms with E-state index < -0.39 is 11.7 Å². The molecule has 0 aliphatic carbocycles. The number of pyridine rings is 2. The van der Waals surface area contributed by atoms with Crippen LogP contribution < -0.4 is 11.4 Å². The lowest BCUT2D eigenvalue weighted by Crippen LogP contribution is -2.32. The minimum absolute atomic E-state index is 0.409. The average Bonchev–Trinajstić information content (AvgIpc) is 2.83. The average molecular weight is 339 g/mol. The predicted octanol–water partition coefficient (Wildman–Crippen LogP) is 2.31. The second kappa shape index (κ2) is 6.51. The van der Waals surface area contributed by atoms with Crippen molar-refractivity contribution in [3.63, 3.8) is 0 Å². The van der Waals surface area contributed by atoms with Crippen molar-refractivity contribution in [2.45, 2.75) is 26.7 Å². The van der Waals surface area contributed by atoms with Crippen molar-refractivity contribution in [1.29, 1.82) is 0 Å². The van der Waals surface area contributed by atoms with Gasteiger partial charge in [-0.15, -0.1) is 0 Å². The first kappa shape index (κ1) is 16.9. The number of amides is 1. The molecule has 7 nitrogen and oxygen atoms in total. The second-order valence-corrected chi connectivity index (χ2v) is 6.51. The lowest BCUT2D eigenvalue weighted by atomic mass is 9.99. The molecule has 0 saturated heterocycles. The highest BCUT2D eigenvalue weighted by atomic mass is 16.2. The van der Waals surface area contributed by atoms with Crippen molar-refractivity contribution in [1.82, 2.24) is 19.1 Å². The van der Waals surface area contributed by atoms with Gasteiger partial charge in [0.15, 0.2) is 5.65 Å². The van der Waals surface area contributed by atoms with E-state index in [1.807, 2.05) is 12.1 Å². The molecule has 7 heteroatoms. The summed E-state index contributed by atoms with van der Waals surface area (Å²) >= 11 is 0. The van der Waals surface area contributed by atoms with Gasteiger partial charge in [-0.1, -0.05) is 19.9 Å². The summed E-state index contributed by atoms with van der Waals surface area (Å²) in [7, 11) is 1.59. The number of carbonyl (C=O) groups excluding carboxylic acids is 1. The number of carbonyl (C=O) groups is 1. The minimum Gasteiger partial charge on any atom is -0.351 e. The van der Waals surface area contributed by atoms with Crippen LogP contribution in [0.15, 0.2) is 35.4 Å². The van der Waals surface area contributed by atoms with Gasteiger partial charge in [0, 0.05) is 30.6 Å². The Bertz CT molecular complexity index is 986. The fourth-order valence-corrected chi connectivity index (χ4v) is 2.89. The first-order valence-electron chi connectivity index (χ1n) is 8.21. The quantitative estimate of drug-likeness (QED) is 0.789. The number of nitrogens with two attached hydrogens (primary N) is 1. The summed E-state index contributed by atoms with van der Waals surface area (Å²) in [4.78, 5) is 32.9. The van der Waals surface area contributed by atoms with Crippen LogP contribution in [0.5, 0.6) is 0 Å². The molecule has 3 aromatic rings. The fraction of sp³-hybridized carbons (Fsp3) is 0.333. The molecule has 3 heterocycles. The zero-order chi connectivity index (χ0) is 18.1. The molecule has 0 spiro atoms. The zero-order valence-electron chi connectivity index (χ0n) is 14.6. The Hall–Kier alpha value is -2.96. The summed E-state index contributed by atoms with van der Waals surface area (Å²) in [6, 6.07) is 4.77. The molecule has 2 N–H and O–H groups in total. The van der Waals surface area contributed by atoms with Crippen LogP contribution >= 0.6 is 0 Å². The normalized spacial score (nSPS) is 11.4. The molecule has 0 bridgehead atoms. The molecule has 1 amide bonds. The van der Waals surface area contributed by atoms with Crippen LogP contribution in [0, 0.1) is 5.92 Å². The summed E-state index contributed by atoms with van der Waals surface area (Å²) < 4.78 is 2.31. The SMILES string of the molecule is CC(C)CCc1nc2c(cc1-c1cccnc1)n(C(N)=O)c(=O)n2C. The summed E-state index contributed by atoms with van der Waals surface area (Å²) in [6.45, 7) is 4.31. The monoisotopic (exact) mass is 339 g/mol. The molecule has 0 saturated carbocycles. The number of nitrogens with zero attached hydrogens (tertiary/aromatic N) is 4. The molecule has 0 aliphatic heterocycles. The maximum Gasteiger partial charge on any atom is 0.338 e. The lowest BCUT2D eigenvalue weighted by Gasteiger charge is -2.11. The Morgan fingerprint density at radius 2 is 2.12 bits per heavy atom. The molecule has 0 aromatic carbocycles. The predicted molar refractivity (Wildman–Crippen MR) is 96.3 cm³/mol. The number of aromatic nitrogens is 4. The molecule has 3 rings (SSSR count). The van der Waals surface area contributed by atoms with Gasteiger partial charge < -0.3 is 5.73 Å². The van der Waals surface area contributed by atoms with Gasteiger partial charge in [-0.3, -0.25) is 9.55 Å². The van der Waals surface area contributed by atoms with Crippen LogP contribution in [-0.4, -0.2) is 25.1 Å². The van der Waals surface area contributed by atoms with E-state index in [9.17, 15) is 9.59 Å². The van der Waals surface area contributed by atoms with Crippen LogP contribution in [0.1, 0.15) is 26.0 Å². The largest absolute Gasteiger partial charge is 0.351 e. The van der Waals surface area contributed by atoms with Crippen LogP contribution in [-0.2, 0) is 13.5 Å². The molecule has 0 radical (unpaired) electrons. The summed E-state index contributed by atoms with van der Waals surface area (Å²) in [5.41, 5.74) is 8.40. The van der Waals surface area contributed by atoms with Gasteiger partial charge in [0.25, 0.3) is 0 Å². The number of rotatable bonds is 4. The van der Waals surface area contributed by atoms with Gasteiger partial charge in [0.1, 0.15) is 0 Å². The van der Waals surface area contributed by atoms with E-state index in [1.165, 1.54) is 4.57 Å². The van der Waals surface area contributed by atoms with Gasteiger partial charge in [-0.25, -0.2) is 19.1 Å². The van der Waals surface area contributed by atoms with Crippen molar-refractivity contribution in [3.05, 3.63) is 46.8 Å². The van der Waals surface area contributed by atoms with Gasteiger partial charge in [0.2, 0.25) is 0 Å². The summed E-state index contributed by atoms with van der Waals surface area (Å²) in [5, 5.41) is 0. The van der Waals surface area contributed by atoms with Gasteiger partial charge in [-0.05, 0) is 30.9 Å². The second-order valence-electron chi connectivity index (χ2n) is 6.51. The maximum atomic E-state index is 12.3. The number of aryl methyl sites for hydroxylation is 2. The molecular formula is C18H21N5O2. The third-order valence-corrected chi connectivity index (χ3v) is 4.25. The van der Waals surface area contributed by atoms with Crippen LogP contribution in [0.4, 0.5) is 4.79 Å². The van der Waals surface area contributed by atoms with Gasteiger partial charge in [-0.2, -0.15) is 0 Å². The number of fused-ring (bicyclic) bond motifs is 1. The minimum atomic E-state index is -0.815. The van der Waals surface area contributed by atoms with E-state index in [1.54, 1.807) is 25.5 Å². The Labute approximate surface area is 145 Å². The van der Waals surface area contributed by atoms with Crippen molar-refractivity contribution in [2.24, 2.45) is 18.7 Å². The molecule has 0 unspecified atom stereocenters. The fourth-order valence-electron chi connectivity index (χ4n) is 2.89. The first-order chi connectivity index (χ1) is 11.9. The maximum absolute atomic E-state index is 12.3. The van der Waals surface area contributed by atoms with Gasteiger partial charge in [0.05, 0.1) is 11.2 Å². The third-order valence-electron chi connectivity index (χ3n) is 4.25. The third kappa shape index (κ3) is 3.05. The van der Waals surface area contributed by atoms with Crippen LogP contribution in [0.2, 0.25) is 0 Å². The number of hydrogen-bond acceptors (Lipinski definition) is 4. The highest BCUT2D eigenvalue weighted by Gasteiger charge is 2.19. The molecule has 3 aromatic heterocycles. The molecular weight excluding hydrogens is 318 g/mol. The van der Waals surface area contributed by atoms with E-state index >= 15 is 0 Å². The van der Waals surface area contributed by atoms with Crippen molar-refractivity contribution < 1.29 is 4.79 Å². The first-order valence-corrected chi connectivity index (χ1v) is 8.21. The summed E-state index contributed by atoms with van der Waals surface area (Å²) in [6.07, 6.45) is 5.19. The Balaban J connectivity index is 2.30. The lowest BCUT2D eigenvalue weighted by molar-refractivity contribution is 0.250. The Kier molecular flexibility index (Phi) is 4.39. The number of hydrogen-bond donors (Lipinski definition) is 1. The highest BCUT2D eigenvalue weighted by molar-refractivity contribution is 5.89. The van der Waals surface area contributed by atoms with E-state index in [4.69, 9.17) is 10.7 Å². The van der Waals surface area contributed by atoms with E-state index in [2.05, 4.69) is 18.8 Å². The van der Waals surface area contributed by atoms with E-state index in [0.29, 0.717) is 17.1 Å². The molecule has 25 heavy (non-hydrogen) atoms. The number of primary amides is 1. The topological polar surface area (TPSA) is 95.8 Å². The Morgan fingerprint density at radius 3 is 2.72 bits per heavy atom. The molecule has 130 valence electrons. The molecule has 0 atom stereocenters. The van der Waals surface area contributed by atoms with Crippen LogP contribution in [0.25, 0.3) is 22.3 Å². The van der Waals surface area contributed by atoms with Crippen molar-refractivity contribution in [3.8, 4) is 11.1 Å². The zero-order valence-corrected chi connectivity index (χ0v) is 14.6. The van der Waals surface area contributed by atoms with Crippen molar-refractivity contribution in [2.75, 3.05) is 0 Å². The highest BCUT2D eigenvalue weighted by Crippen LogP contribution is 2.27. The van der Waals surface area contributed by atoms with Crippen molar-refractivity contribution >= 4 is 17.2 Å². The smallest absolute Gasteiger partial charge is 0.338 e. The summed E-state index contributed by atoms with van der Waals surface area (Å²) in [5.74, 6) is 0.526. The Morgan fingerprint density at radius 1 is 1.36 bits per heavy atom. The number of imidazole rings is 1. The molecule has 0 aliphatic rings. The molecule has 0 fully saturated rings.